The predicted octanol–water partition coefficient (Wildman–Crippen LogP) is 2.59. The number of rotatable bonds is 1. The molecule has 13 heavy (non-hydrogen) atoms. The molecule has 1 heterocycles. The fourth-order valence-electron chi connectivity index (χ4n) is 1.04. The Labute approximate surface area is 79.2 Å². The molecule has 1 aromatic rings. The van der Waals surface area contributed by atoms with Crippen LogP contribution in [0.2, 0.25) is 0 Å². The van der Waals surface area contributed by atoms with Gasteiger partial charge < -0.3 is 4.74 Å². The van der Waals surface area contributed by atoms with Crippen LogP contribution < -0.4 is 0 Å². The highest BCUT2D eigenvalue weighted by atomic mass is 32.1. The van der Waals surface area contributed by atoms with Crippen LogP contribution in [0.15, 0.2) is 34.5 Å². The molecule has 0 spiro atoms. The molecule has 2 rings (SSSR count). The number of benzene rings is 1. The van der Waals surface area contributed by atoms with Crippen molar-refractivity contribution in [1.29, 1.82) is 0 Å². The van der Waals surface area contributed by atoms with Gasteiger partial charge in [0.1, 0.15) is 5.82 Å². The lowest BCUT2D eigenvalue weighted by Crippen LogP contribution is -1.98. The minimum absolute atomic E-state index is 0.0919. The molecule has 0 saturated heterocycles. The summed E-state index contributed by atoms with van der Waals surface area (Å²) in [5.74, 6) is -0.325. The van der Waals surface area contributed by atoms with Crippen molar-refractivity contribution < 1.29 is 9.13 Å². The zero-order valence-corrected chi connectivity index (χ0v) is 7.29. The highest BCUT2D eigenvalue weighted by Gasteiger charge is 2.19. The van der Waals surface area contributed by atoms with Gasteiger partial charge in [-0.1, -0.05) is 12.1 Å². The first-order valence-electron chi connectivity index (χ1n) is 3.62. The summed E-state index contributed by atoms with van der Waals surface area (Å²) in [6, 6.07) is 6.00. The van der Waals surface area contributed by atoms with E-state index in [4.69, 9.17) is 4.74 Å². The van der Waals surface area contributed by atoms with Crippen molar-refractivity contribution in [1.82, 2.24) is 0 Å². The molecule has 0 aliphatic carbocycles. The average molecular weight is 196 g/mol. The second kappa shape index (κ2) is 3.18. The summed E-state index contributed by atoms with van der Waals surface area (Å²) in [6.07, 6.45) is -0.580. The highest BCUT2D eigenvalue weighted by molar-refractivity contribution is 7.80. The summed E-state index contributed by atoms with van der Waals surface area (Å²) in [5, 5.41) is 7.35. The molecule has 0 aromatic heterocycles. The maximum Gasteiger partial charge on any atom is 0.304 e. The molecule has 5 heteroatoms. The van der Waals surface area contributed by atoms with Gasteiger partial charge in [0.2, 0.25) is 6.23 Å². The topological polar surface area (TPSA) is 34.0 Å². The fraction of sp³-hybridized carbons (Fsp3) is 0.125. The molecule has 0 amide bonds. The van der Waals surface area contributed by atoms with Gasteiger partial charge >= 0.3 is 5.17 Å². The van der Waals surface area contributed by atoms with E-state index in [1.165, 1.54) is 12.1 Å². The van der Waals surface area contributed by atoms with Crippen molar-refractivity contribution in [3.63, 3.8) is 0 Å². The number of halogens is 1. The van der Waals surface area contributed by atoms with E-state index < -0.39 is 6.23 Å². The fourth-order valence-corrected chi connectivity index (χ4v) is 1.18. The monoisotopic (exact) mass is 196 g/mol. The van der Waals surface area contributed by atoms with Crippen LogP contribution in [-0.4, -0.2) is 5.17 Å². The molecule has 66 valence electrons. The number of azo groups is 1. The quantitative estimate of drug-likeness (QED) is 0.647. The second-order valence-corrected chi connectivity index (χ2v) is 2.86. The summed E-state index contributed by atoms with van der Waals surface area (Å²) in [6.45, 7) is 0. The van der Waals surface area contributed by atoms with Gasteiger partial charge in [0, 0.05) is 5.56 Å². The van der Waals surface area contributed by atoms with Gasteiger partial charge in [0.25, 0.3) is 0 Å². The van der Waals surface area contributed by atoms with Gasteiger partial charge in [0.05, 0.1) is 0 Å². The summed E-state index contributed by atoms with van der Waals surface area (Å²) in [4.78, 5) is 0. The van der Waals surface area contributed by atoms with Crippen LogP contribution in [0.25, 0.3) is 0 Å². The molecule has 0 fully saturated rings. The number of hydrogen-bond donors (Lipinski definition) is 0. The van der Waals surface area contributed by atoms with E-state index in [2.05, 4.69) is 22.4 Å². The lowest BCUT2D eigenvalue weighted by atomic mass is 10.2. The van der Waals surface area contributed by atoms with Crippen LogP contribution in [0.3, 0.4) is 0 Å². The Hall–Kier alpha value is -1.36. The molecule has 1 aromatic carbocycles. The molecule has 3 nitrogen and oxygen atoms in total. The van der Waals surface area contributed by atoms with Crippen LogP contribution >= 0.6 is 12.2 Å². The van der Waals surface area contributed by atoms with Crippen LogP contribution in [0.5, 0.6) is 0 Å². The highest BCUT2D eigenvalue weighted by Crippen LogP contribution is 2.24. The number of nitrogens with zero attached hydrogens (tertiary/aromatic N) is 2. The van der Waals surface area contributed by atoms with Crippen LogP contribution in [0.1, 0.15) is 11.8 Å². The third-order valence-electron chi connectivity index (χ3n) is 1.59. The van der Waals surface area contributed by atoms with Crippen molar-refractivity contribution in [2.45, 2.75) is 6.23 Å². The molecular weight excluding hydrogens is 191 g/mol. The number of thiocarbonyl (C=S) groups is 1. The number of hydrogen-bond acceptors (Lipinski definition) is 3. The van der Waals surface area contributed by atoms with E-state index in [-0.39, 0.29) is 11.0 Å². The number of ether oxygens (including phenoxy) is 1. The molecule has 0 saturated carbocycles. The Morgan fingerprint density at radius 1 is 1.46 bits per heavy atom. The Balaban J connectivity index is 2.27. The third-order valence-corrected chi connectivity index (χ3v) is 1.77. The Bertz CT molecular complexity index is 380. The van der Waals surface area contributed by atoms with Crippen LogP contribution in [0.4, 0.5) is 4.39 Å². The van der Waals surface area contributed by atoms with Gasteiger partial charge in [-0.25, -0.2) is 4.39 Å². The van der Waals surface area contributed by atoms with Crippen LogP contribution in [-0.2, 0) is 4.74 Å². The normalized spacial score (nSPS) is 20.4. The lowest BCUT2D eigenvalue weighted by Gasteiger charge is -2.05. The lowest BCUT2D eigenvalue weighted by molar-refractivity contribution is 0.226. The Kier molecular flexibility index (Phi) is 2.02. The molecule has 1 aliphatic rings. The van der Waals surface area contributed by atoms with E-state index in [1.807, 2.05) is 0 Å². The van der Waals surface area contributed by atoms with E-state index in [0.29, 0.717) is 5.56 Å². The van der Waals surface area contributed by atoms with E-state index in [0.717, 1.165) is 0 Å². The van der Waals surface area contributed by atoms with Crippen molar-refractivity contribution in [2.75, 3.05) is 0 Å². The zero-order valence-electron chi connectivity index (χ0n) is 6.48. The van der Waals surface area contributed by atoms with Crippen LogP contribution in [0, 0.1) is 5.82 Å². The third kappa shape index (κ3) is 1.70. The van der Waals surface area contributed by atoms with E-state index in [1.54, 1.807) is 12.1 Å². The summed E-state index contributed by atoms with van der Waals surface area (Å²) in [5.41, 5.74) is 0.614. The van der Waals surface area contributed by atoms with Gasteiger partial charge in [-0.15, -0.1) is 10.2 Å². The average Bonchev–Trinajstić information content (AvgIpc) is 2.52. The molecular formula is C8H5FN2OS. The maximum absolute atomic E-state index is 12.8. The molecule has 1 aliphatic heterocycles. The first kappa shape index (κ1) is 8.25. The Morgan fingerprint density at radius 3 is 2.92 bits per heavy atom. The minimum atomic E-state index is -0.580. The van der Waals surface area contributed by atoms with E-state index in [9.17, 15) is 4.39 Å². The second-order valence-electron chi connectivity index (χ2n) is 2.51. The predicted molar refractivity (Wildman–Crippen MR) is 47.7 cm³/mol. The first-order chi connectivity index (χ1) is 6.25. The van der Waals surface area contributed by atoms with Gasteiger partial charge in [-0.05, 0) is 24.4 Å². The smallest absolute Gasteiger partial charge is 0.304 e. The van der Waals surface area contributed by atoms with E-state index >= 15 is 0 Å². The Morgan fingerprint density at radius 2 is 2.31 bits per heavy atom. The van der Waals surface area contributed by atoms with Crippen molar-refractivity contribution in [3.8, 4) is 0 Å². The molecule has 1 unspecified atom stereocenters. The molecule has 0 bridgehead atoms. The van der Waals surface area contributed by atoms with Gasteiger partial charge in [0.15, 0.2) is 0 Å². The minimum Gasteiger partial charge on any atom is -0.436 e. The largest absolute Gasteiger partial charge is 0.436 e. The van der Waals surface area contributed by atoms with Crippen molar-refractivity contribution >= 4 is 17.4 Å². The van der Waals surface area contributed by atoms with Crippen molar-refractivity contribution in [3.05, 3.63) is 35.6 Å². The summed E-state index contributed by atoms with van der Waals surface area (Å²) in [7, 11) is 0. The summed E-state index contributed by atoms with van der Waals surface area (Å²) < 4.78 is 17.8. The summed E-state index contributed by atoms with van der Waals surface area (Å²) >= 11 is 4.65. The SMILES string of the molecule is Fc1cccc(C2N=NC(=S)O2)c1. The first-order valence-corrected chi connectivity index (χ1v) is 4.03. The van der Waals surface area contributed by atoms with Gasteiger partial charge in [-0.2, -0.15) is 0 Å². The zero-order chi connectivity index (χ0) is 9.26. The van der Waals surface area contributed by atoms with Crippen molar-refractivity contribution in [2.24, 2.45) is 10.2 Å². The van der Waals surface area contributed by atoms with Gasteiger partial charge in [-0.3, -0.25) is 0 Å². The standard InChI is InChI=1S/C8H5FN2OS/c9-6-3-1-2-5(4-6)7-10-11-8(13)12-7/h1-4,7H. The molecule has 0 radical (unpaired) electrons. The maximum atomic E-state index is 12.8. The molecule has 1 atom stereocenters. The molecule has 0 N–H and O–H groups in total.